The molecule has 1 saturated heterocycles. The summed E-state index contributed by atoms with van der Waals surface area (Å²) in [6.45, 7) is 5.73. The first-order chi connectivity index (χ1) is 10.7. The molecule has 1 aliphatic rings. The number of aryl methyl sites for hydroxylation is 2. The summed E-state index contributed by atoms with van der Waals surface area (Å²) in [4.78, 5) is 2.41. The summed E-state index contributed by atoms with van der Waals surface area (Å²) < 4.78 is 7.72. The normalized spacial score (nSPS) is 15.6. The first kappa shape index (κ1) is 18.5. The van der Waals surface area contributed by atoms with Crippen molar-refractivity contribution in [3.63, 3.8) is 0 Å². The third kappa shape index (κ3) is 4.19. The maximum Gasteiger partial charge on any atom is 0.212 e. The van der Waals surface area contributed by atoms with Gasteiger partial charge in [-0.05, 0) is 25.3 Å². The second kappa shape index (κ2) is 8.35. The topological polar surface area (TPSA) is 16.4 Å². The van der Waals surface area contributed by atoms with E-state index in [1.165, 1.54) is 27.2 Å². The molecule has 0 N–H and O–H groups in total. The molecule has 1 aromatic carbocycles. The highest BCUT2D eigenvalue weighted by Gasteiger charge is 2.16. The van der Waals surface area contributed by atoms with E-state index in [9.17, 15) is 0 Å². The molecule has 0 atom stereocenters. The van der Waals surface area contributed by atoms with Crippen LogP contribution in [0.3, 0.4) is 0 Å². The maximum absolute atomic E-state index is 5.45. The van der Waals surface area contributed by atoms with E-state index in [-0.39, 0.29) is 24.0 Å². The molecule has 0 radical (unpaired) electrons. The zero-order valence-electron chi connectivity index (χ0n) is 13.9. The zero-order chi connectivity index (χ0) is 15.5. The van der Waals surface area contributed by atoms with Crippen LogP contribution in [0.2, 0.25) is 0 Å². The van der Waals surface area contributed by atoms with E-state index >= 15 is 0 Å². The summed E-state index contributed by atoms with van der Waals surface area (Å²) >= 11 is 1.81. The van der Waals surface area contributed by atoms with Crippen LogP contribution in [-0.4, -0.2) is 37.5 Å². The molecule has 2 heterocycles. The van der Waals surface area contributed by atoms with E-state index in [1.54, 1.807) is 11.8 Å². The van der Waals surface area contributed by atoms with E-state index in [4.69, 9.17) is 4.74 Å². The van der Waals surface area contributed by atoms with Gasteiger partial charge < -0.3 is 33.6 Å². The van der Waals surface area contributed by atoms with Crippen LogP contribution in [0.4, 0.5) is 0 Å². The van der Waals surface area contributed by atoms with Crippen LogP contribution in [0.15, 0.2) is 35.4 Å². The van der Waals surface area contributed by atoms with Gasteiger partial charge in [0, 0.05) is 36.7 Å². The predicted molar refractivity (Wildman–Crippen MR) is 93.7 cm³/mol. The quantitative estimate of drug-likeness (QED) is 0.491. The van der Waals surface area contributed by atoms with Gasteiger partial charge in [0.2, 0.25) is 11.2 Å². The summed E-state index contributed by atoms with van der Waals surface area (Å²) in [5, 5.41) is 2.60. The van der Waals surface area contributed by atoms with Crippen LogP contribution in [0.1, 0.15) is 11.3 Å². The van der Waals surface area contributed by atoms with Crippen LogP contribution in [0.25, 0.3) is 17.0 Å². The minimum atomic E-state index is 0. The molecular formula is C18H23IN2OS. The molecule has 0 bridgehead atoms. The molecule has 23 heavy (non-hydrogen) atoms. The highest BCUT2D eigenvalue weighted by molar-refractivity contribution is 8.02. The molecule has 0 aliphatic carbocycles. The lowest BCUT2D eigenvalue weighted by Crippen LogP contribution is -3.00. The van der Waals surface area contributed by atoms with Crippen molar-refractivity contribution in [2.24, 2.45) is 7.05 Å². The number of hydrogen-bond donors (Lipinski definition) is 0. The van der Waals surface area contributed by atoms with Gasteiger partial charge in [0.15, 0.2) is 0 Å². The monoisotopic (exact) mass is 442 g/mol. The van der Waals surface area contributed by atoms with Crippen LogP contribution in [-0.2, 0) is 11.8 Å². The Morgan fingerprint density at radius 3 is 2.65 bits per heavy atom. The van der Waals surface area contributed by atoms with Crippen LogP contribution in [0, 0.1) is 6.92 Å². The number of rotatable bonds is 3. The molecule has 3 rings (SSSR count). The van der Waals surface area contributed by atoms with Gasteiger partial charge in [-0.1, -0.05) is 11.6 Å². The van der Waals surface area contributed by atoms with E-state index in [2.05, 4.69) is 66.1 Å². The summed E-state index contributed by atoms with van der Waals surface area (Å²) in [5.41, 5.74) is 3.79. The molecule has 2 aromatic rings. The minimum absolute atomic E-state index is 0. The standard InChI is InChI=1S/C18H23N2OS.HI/c1-14-4-7-17-15(12-14)5-6-16(19(17)2)13-18(22-3)20-8-10-21-11-9-20;/h4-7,12-13H,8-11H2,1-3H3;1H/q+1;/p-1. The van der Waals surface area contributed by atoms with E-state index < -0.39 is 0 Å². The fourth-order valence-corrected chi connectivity index (χ4v) is 3.55. The fourth-order valence-electron chi connectivity index (χ4n) is 2.87. The summed E-state index contributed by atoms with van der Waals surface area (Å²) in [6, 6.07) is 11.0. The highest BCUT2D eigenvalue weighted by Crippen LogP contribution is 2.22. The molecule has 1 aliphatic heterocycles. The van der Waals surface area contributed by atoms with Gasteiger partial charge in [0.25, 0.3) is 0 Å². The average Bonchev–Trinajstić information content (AvgIpc) is 2.55. The number of nitrogens with zero attached hydrogens (tertiary/aromatic N) is 2. The Hall–Kier alpha value is -0.790. The van der Waals surface area contributed by atoms with E-state index in [0.717, 1.165) is 26.3 Å². The fraction of sp³-hybridized carbons (Fsp3) is 0.389. The molecule has 5 heteroatoms. The Labute approximate surface area is 159 Å². The first-order valence-corrected chi connectivity index (χ1v) is 8.89. The second-order valence-corrected chi connectivity index (χ2v) is 6.49. The minimum Gasteiger partial charge on any atom is -1.00 e. The van der Waals surface area contributed by atoms with Gasteiger partial charge in [-0.3, -0.25) is 0 Å². The molecule has 0 unspecified atom stereocenters. The highest BCUT2D eigenvalue weighted by atomic mass is 127. The van der Waals surface area contributed by atoms with Crippen molar-refractivity contribution in [2.45, 2.75) is 6.92 Å². The molecule has 124 valence electrons. The number of benzene rings is 1. The van der Waals surface area contributed by atoms with Gasteiger partial charge in [-0.15, -0.1) is 11.8 Å². The number of pyridine rings is 1. The Morgan fingerprint density at radius 2 is 1.96 bits per heavy atom. The largest absolute Gasteiger partial charge is 1.00 e. The summed E-state index contributed by atoms with van der Waals surface area (Å²) in [5.74, 6) is 0. The lowest BCUT2D eigenvalue weighted by Gasteiger charge is -2.29. The molecule has 1 aromatic heterocycles. The van der Waals surface area contributed by atoms with E-state index in [0.29, 0.717) is 0 Å². The van der Waals surface area contributed by atoms with Gasteiger partial charge in [-0.25, -0.2) is 0 Å². The Balaban J connectivity index is 0.00000192. The van der Waals surface area contributed by atoms with Crippen molar-refractivity contribution < 1.29 is 33.3 Å². The van der Waals surface area contributed by atoms with Gasteiger partial charge >= 0.3 is 0 Å². The first-order valence-electron chi connectivity index (χ1n) is 7.67. The second-order valence-electron chi connectivity index (χ2n) is 5.67. The number of thioether (sulfide) groups is 1. The van der Waals surface area contributed by atoms with Crippen LogP contribution in [0.5, 0.6) is 0 Å². The lowest BCUT2D eigenvalue weighted by molar-refractivity contribution is -0.646. The molecule has 0 saturated carbocycles. The van der Waals surface area contributed by atoms with Crippen molar-refractivity contribution >= 4 is 28.7 Å². The van der Waals surface area contributed by atoms with Gasteiger partial charge in [0.05, 0.1) is 18.2 Å². The van der Waals surface area contributed by atoms with Crippen molar-refractivity contribution in [3.05, 3.63) is 46.6 Å². The molecular weight excluding hydrogens is 419 g/mol. The molecule has 0 spiro atoms. The smallest absolute Gasteiger partial charge is 0.212 e. The average molecular weight is 442 g/mol. The van der Waals surface area contributed by atoms with Gasteiger partial charge in [-0.2, -0.15) is 4.57 Å². The number of fused-ring (bicyclic) bond motifs is 1. The molecule has 0 amide bonds. The number of aromatic nitrogens is 1. The van der Waals surface area contributed by atoms with Crippen LogP contribution >= 0.6 is 11.8 Å². The van der Waals surface area contributed by atoms with E-state index in [1.807, 2.05) is 0 Å². The summed E-state index contributed by atoms with van der Waals surface area (Å²) in [7, 11) is 2.14. The van der Waals surface area contributed by atoms with Crippen molar-refractivity contribution in [1.82, 2.24) is 4.90 Å². The molecule has 3 nitrogen and oxygen atoms in total. The number of morpholine rings is 1. The third-order valence-electron chi connectivity index (χ3n) is 4.17. The zero-order valence-corrected chi connectivity index (χ0v) is 16.9. The SMILES string of the molecule is CS/C(=C\c1ccc2cc(C)ccc2[n+]1C)N1CCOCC1.[I-]. The predicted octanol–water partition coefficient (Wildman–Crippen LogP) is -0.0297. The Kier molecular flexibility index (Phi) is 6.73. The Bertz CT molecular complexity index is 711. The van der Waals surface area contributed by atoms with Gasteiger partial charge in [0.1, 0.15) is 7.05 Å². The molecule has 1 fully saturated rings. The number of hydrogen-bond acceptors (Lipinski definition) is 3. The van der Waals surface area contributed by atoms with Crippen molar-refractivity contribution in [2.75, 3.05) is 32.6 Å². The lowest BCUT2D eigenvalue weighted by atomic mass is 10.1. The van der Waals surface area contributed by atoms with Crippen molar-refractivity contribution in [3.8, 4) is 0 Å². The van der Waals surface area contributed by atoms with Crippen LogP contribution < -0.4 is 28.5 Å². The number of halogens is 1. The third-order valence-corrected chi connectivity index (χ3v) is 4.96. The van der Waals surface area contributed by atoms with Crippen molar-refractivity contribution in [1.29, 1.82) is 0 Å². The Morgan fingerprint density at radius 1 is 1.22 bits per heavy atom. The number of ether oxygens (including phenoxy) is 1. The summed E-state index contributed by atoms with van der Waals surface area (Å²) in [6.07, 6.45) is 4.43. The maximum atomic E-state index is 5.45.